The Kier molecular flexibility index (Phi) is 3.21. The van der Waals surface area contributed by atoms with Crippen molar-refractivity contribution in [1.29, 1.82) is 0 Å². The molecule has 0 aliphatic heterocycles. The SMILES string of the molecule is O=[N+]([O-])c1cc(F)cc(F)c1NC1CCCC1. The Morgan fingerprint density at radius 2 is 1.94 bits per heavy atom. The van der Waals surface area contributed by atoms with E-state index in [1.807, 2.05) is 0 Å². The summed E-state index contributed by atoms with van der Waals surface area (Å²) in [4.78, 5) is 9.96. The molecule has 1 aromatic carbocycles. The fourth-order valence-electron chi connectivity index (χ4n) is 2.12. The second kappa shape index (κ2) is 4.65. The molecule has 1 saturated carbocycles. The van der Waals surface area contributed by atoms with Crippen molar-refractivity contribution in [1.82, 2.24) is 0 Å². The molecular formula is C11H12F2N2O2. The van der Waals surface area contributed by atoms with Crippen LogP contribution >= 0.6 is 0 Å². The van der Waals surface area contributed by atoms with Crippen LogP contribution in [-0.2, 0) is 0 Å². The third kappa shape index (κ3) is 2.51. The van der Waals surface area contributed by atoms with Gasteiger partial charge in [-0.25, -0.2) is 8.78 Å². The van der Waals surface area contributed by atoms with Gasteiger partial charge in [0, 0.05) is 12.1 Å². The molecule has 1 N–H and O–H groups in total. The summed E-state index contributed by atoms with van der Waals surface area (Å²) < 4.78 is 26.4. The van der Waals surface area contributed by atoms with E-state index in [9.17, 15) is 18.9 Å². The third-order valence-corrected chi connectivity index (χ3v) is 2.93. The Bertz CT molecular complexity index is 445. The zero-order valence-electron chi connectivity index (χ0n) is 9.08. The maximum atomic E-state index is 13.5. The minimum Gasteiger partial charge on any atom is -0.374 e. The zero-order valence-corrected chi connectivity index (χ0v) is 9.08. The van der Waals surface area contributed by atoms with Crippen LogP contribution in [0.4, 0.5) is 20.2 Å². The van der Waals surface area contributed by atoms with Gasteiger partial charge in [-0.05, 0) is 12.8 Å². The van der Waals surface area contributed by atoms with Gasteiger partial charge in [-0.15, -0.1) is 0 Å². The molecule has 0 amide bonds. The van der Waals surface area contributed by atoms with E-state index in [2.05, 4.69) is 5.32 Å². The molecular weight excluding hydrogens is 230 g/mol. The van der Waals surface area contributed by atoms with E-state index >= 15 is 0 Å². The molecule has 0 saturated heterocycles. The van der Waals surface area contributed by atoms with E-state index in [0.29, 0.717) is 6.07 Å². The molecule has 0 unspecified atom stereocenters. The van der Waals surface area contributed by atoms with Gasteiger partial charge >= 0.3 is 0 Å². The van der Waals surface area contributed by atoms with Crippen LogP contribution in [0.1, 0.15) is 25.7 Å². The second-order valence-electron chi connectivity index (χ2n) is 4.16. The van der Waals surface area contributed by atoms with Crippen molar-refractivity contribution in [3.63, 3.8) is 0 Å². The quantitative estimate of drug-likeness (QED) is 0.654. The summed E-state index contributed by atoms with van der Waals surface area (Å²) in [7, 11) is 0. The van der Waals surface area contributed by atoms with Gasteiger partial charge in [0.25, 0.3) is 5.69 Å². The Balaban J connectivity index is 2.33. The van der Waals surface area contributed by atoms with Crippen molar-refractivity contribution >= 4 is 11.4 Å². The van der Waals surface area contributed by atoms with Crippen molar-refractivity contribution in [2.75, 3.05) is 5.32 Å². The lowest BCUT2D eigenvalue weighted by Gasteiger charge is -2.14. The van der Waals surface area contributed by atoms with Crippen LogP contribution in [0.2, 0.25) is 0 Å². The normalized spacial score (nSPS) is 16.1. The highest BCUT2D eigenvalue weighted by molar-refractivity contribution is 5.63. The molecule has 0 radical (unpaired) electrons. The molecule has 1 aromatic rings. The van der Waals surface area contributed by atoms with Gasteiger partial charge in [0.05, 0.1) is 11.0 Å². The summed E-state index contributed by atoms with van der Waals surface area (Å²) in [6, 6.07) is 1.43. The van der Waals surface area contributed by atoms with Gasteiger partial charge in [0.15, 0.2) is 5.82 Å². The van der Waals surface area contributed by atoms with E-state index in [1.165, 1.54) is 0 Å². The van der Waals surface area contributed by atoms with E-state index in [4.69, 9.17) is 0 Å². The molecule has 1 aliphatic carbocycles. The largest absolute Gasteiger partial charge is 0.374 e. The first-order valence-corrected chi connectivity index (χ1v) is 5.48. The number of rotatable bonds is 3. The number of nitrogens with zero attached hydrogens (tertiary/aromatic N) is 1. The molecule has 92 valence electrons. The molecule has 6 heteroatoms. The molecule has 0 atom stereocenters. The minimum atomic E-state index is -0.939. The smallest absolute Gasteiger partial charge is 0.298 e. The minimum absolute atomic E-state index is 0.0358. The lowest BCUT2D eigenvalue weighted by molar-refractivity contribution is -0.384. The Hall–Kier alpha value is -1.72. The zero-order chi connectivity index (χ0) is 12.4. The number of nitro benzene ring substituents is 1. The fourth-order valence-corrected chi connectivity index (χ4v) is 2.12. The first kappa shape index (κ1) is 11.8. The third-order valence-electron chi connectivity index (χ3n) is 2.93. The van der Waals surface area contributed by atoms with E-state index in [-0.39, 0.29) is 11.7 Å². The number of benzene rings is 1. The number of nitrogens with one attached hydrogen (secondary N) is 1. The Morgan fingerprint density at radius 3 is 2.53 bits per heavy atom. The summed E-state index contributed by atoms with van der Waals surface area (Å²) in [5.74, 6) is -1.85. The second-order valence-corrected chi connectivity index (χ2v) is 4.16. The van der Waals surface area contributed by atoms with Gasteiger partial charge in [0.1, 0.15) is 11.5 Å². The molecule has 0 spiro atoms. The molecule has 1 fully saturated rings. The Morgan fingerprint density at radius 1 is 1.29 bits per heavy atom. The monoisotopic (exact) mass is 242 g/mol. The van der Waals surface area contributed by atoms with Crippen LogP contribution in [0.25, 0.3) is 0 Å². The molecule has 0 aromatic heterocycles. The summed E-state index contributed by atoms with van der Waals surface area (Å²) in [5.41, 5.74) is -0.752. The molecule has 0 bridgehead atoms. The molecule has 2 rings (SSSR count). The Labute approximate surface area is 96.8 Å². The van der Waals surface area contributed by atoms with Gasteiger partial charge in [0.2, 0.25) is 0 Å². The number of anilines is 1. The topological polar surface area (TPSA) is 55.2 Å². The maximum Gasteiger partial charge on any atom is 0.298 e. The van der Waals surface area contributed by atoms with Crippen molar-refractivity contribution in [2.24, 2.45) is 0 Å². The molecule has 0 heterocycles. The first-order valence-electron chi connectivity index (χ1n) is 5.48. The van der Waals surface area contributed by atoms with Crippen LogP contribution in [0.3, 0.4) is 0 Å². The number of halogens is 2. The van der Waals surface area contributed by atoms with E-state index in [1.54, 1.807) is 0 Å². The highest BCUT2D eigenvalue weighted by atomic mass is 19.1. The summed E-state index contributed by atoms with van der Waals surface area (Å²) >= 11 is 0. The van der Waals surface area contributed by atoms with Crippen molar-refractivity contribution in [2.45, 2.75) is 31.7 Å². The number of nitro groups is 1. The van der Waals surface area contributed by atoms with E-state index < -0.39 is 22.2 Å². The van der Waals surface area contributed by atoms with Crippen LogP contribution in [0.15, 0.2) is 12.1 Å². The van der Waals surface area contributed by atoms with Gasteiger partial charge in [-0.1, -0.05) is 12.8 Å². The highest BCUT2D eigenvalue weighted by Gasteiger charge is 2.24. The highest BCUT2D eigenvalue weighted by Crippen LogP contribution is 2.31. The van der Waals surface area contributed by atoms with Gasteiger partial charge in [-0.2, -0.15) is 0 Å². The number of hydrogen-bond acceptors (Lipinski definition) is 3. The van der Waals surface area contributed by atoms with E-state index in [0.717, 1.165) is 31.7 Å². The van der Waals surface area contributed by atoms with Crippen molar-refractivity contribution in [3.8, 4) is 0 Å². The first-order chi connectivity index (χ1) is 8.08. The van der Waals surface area contributed by atoms with Gasteiger partial charge < -0.3 is 5.32 Å². The molecule has 1 aliphatic rings. The maximum absolute atomic E-state index is 13.5. The van der Waals surface area contributed by atoms with Crippen molar-refractivity contribution < 1.29 is 13.7 Å². The summed E-state index contributed by atoms with van der Waals surface area (Å²) in [5, 5.41) is 13.5. The van der Waals surface area contributed by atoms with Crippen molar-refractivity contribution in [3.05, 3.63) is 33.9 Å². The molecule has 17 heavy (non-hydrogen) atoms. The predicted molar refractivity (Wildman–Crippen MR) is 58.9 cm³/mol. The fraction of sp³-hybridized carbons (Fsp3) is 0.455. The average Bonchev–Trinajstić information content (AvgIpc) is 2.74. The van der Waals surface area contributed by atoms with Gasteiger partial charge in [-0.3, -0.25) is 10.1 Å². The lowest BCUT2D eigenvalue weighted by Crippen LogP contribution is -2.17. The average molecular weight is 242 g/mol. The van der Waals surface area contributed by atoms with Crippen LogP contribution in [-0.4, -0.2) is 11.0 Å². The standard InChI is InChI=1S/C11H12F2N2O2/c12-7-5-9(13)11(10(6-7)15(16)17)14-8-3-1-2-4-8/h5-6,8,14H,1-4H2. The summed E-state index contributed by atoms with van der Waals surface area (Å²) in [6.45, 7) is 0. The van der Waals surface area contributed by atoms with Crippen LogP contribution in [0, 0.1) is 21.7 Å². The van der Waals surface area contributed by atoms with Crippen LogP contribution < -0.4 is 5.32 Å². The van der Waals surface area contributed by atoms with Crippen LogP contribution in [0.5, 0.6) is 0 Å². The molecule has 4 nitrogen and oxygen atoms in total. The summed E-state index contributed by atoms with van der Waals surface area (Å²) in [6.07, 6.45) is 3.75. The number of hydrogen-bond donors (Lipinski definition) is 1. The predicted octanol–water partition coefficient (Wildman–Crippen LogP) is 3.23. The lowest BCUT2D eigenvalue weighted by atomic mass is 10.2.